The zero-order valence-corrected chi connectivity index (χ0v) is 17.5. The number of hydrogen-bond acceptors (Lipinski definition) is 5. The Bertz CT molecular complexity index is 1030. The zero-order valence-electron chi connectivity index (χ0n) is 17.5. The Morgan fingerprint density at radius 1 is 1.20 bits per heavy atom. The average molecular weight is 418 g/mol. The maximum absolute atomic E-state index is 15.3. The molecule has 1 saturated heterocycles. The van der Waals surface area contributed by atoms with E-state index in [1.165, 1.54) is 12.3 Å². The number of carbonyl (C=O) groups is 1. The maximum Gasteiger partial charge on any atom is 0.341 e. The van der Waals surface area contributed by atoms with Crippen molar-refractivity contribution in [2.75, 3.05) is 45.4 Å². The molecule has 0 amide bonds. The number of carboxylic acids is 1. The van der Waals surface area contributed by atoms with E-state index in [1.807, 2.05) is 16.4 Å². The molecule has 1 aromatic heterocycles. The molecule has 2 atom stereocenters. The van der Waals surface area contributed by atoms with Crippen LogP contribution in [-0.4, -0.2) is 56.2 Å². The Labute approximate surface area is 174 Å². The van der Waals surface area contributed by atoms with E-state index in [1.54, 1.807) is 14.2 Å². The van der Waals surface area contributed by atoms with Gasteiger partial charge in [0.25, 0.3) is 0 Å². The Balaban J connectivity index is 1.86. The van der Waals surface area contributed by atoms with E-state index >= 15 is 4.39 Å². The van der Waals surface area contributed by atoms with Gasteiger partial charge in [0.2, 0.25) is 5.43 Å². The maximum atomic E-state index is 15.3. The van der Waals surface area contributed by atoms with E-state index in [0.717, 1.165) is 12.8 Å². The van der Waals surface area contributed by atoms with Crippen molar-refractivity contribution in [1.29, 1.82) is 0 Å². The molecule has 30 heavy (non-hydrogen) atoms. The van der Waals surface area contributed by atoms with Crippen molar-refractivity contribution in [1.82, 2.24) is 4.57 Å². The van der Waals surface area contributed by atoms with Gasteiger partial charge in [-0.1, -0.05) is 0 Å². The van der Waals surface area contributed by atoms with Gasteiger partial charge in [-0.15, -0.1) is 0 Å². The number of fused-ring (bicyclic) bond motifs is 1. The van der Waals surface area contributed by atoms with Gasteiger partial charge in [0.1, 0.15) is 11.4 Å². The SMILES string of the molecule is COC[C@@H]1CN(c2c(F)cc3c(=O)c(C(=O)O)cn(C4CC4)c3c2C)C[C@@H]1COC. The van der Waals surface area contributed by atoms with Crippen LogP contribution in [-0.2, 0) is 9.47 Å². The molecule has 1 saturated carbocycles. The van der Waals surface area contributed by atoms with Crippen molar-refractivity contribution in [3.8, 4) is 0 Å². The van der Waals surface area contributed by atoms with Crippen LogP contribution >= 0.6 is 0 Å². The van der Waals surface area contributed by atoms with Crippen molar-refractivity contribution >= 4 is 22.6 Å². The lowest BCUT2D eigenvalue weighted by atomic mass is 9.98. The van der Waals surface area contributed by atoms with Crippen LogP contribution in [0.15, 0.2) is 17.1 Å². The van der Waals surface area contributed by atoms with Gasteiger partial charge in [-0.2, -0.15) is 0 Å². The topological polar surface area (TPSA) is 81.0 Å². The van der Waals surface area contributed by atoms with Crippen molar-refractivity contribution in [2.24, 2.45) is 11.8 Å². The Morgan fingerprint density at radius 2 is 1.80 bits per heavy atom. The van der Waals surface area contributed by atoms with E-state index in [4.69, 9.17) is 9.47 Å². The molecule has 1 aromatic carbocycles. The summed E-state index contributed by atoms with van der Waals surface area (Å²) in [7, 11) is 3.31. The molecule has 0 radical (unpaired) electrons. The molecule has 0 spiro atoms. The quantitative estimate of drug-likeness (QED) is 0.745. The lowest BCUT2D eigenvalue weighted by Crippen LogP contribution is -2.25. The minimum Gasteiger partial charge on any atom is -0.477 e. The normalized spacial score (nSPS) is 21.5. The summed E-state index contributed by atoms with van der Waals surface area (Å²) in [5.41, 5.74) is 0.808. The van der Waals surface area contributed by atoms with Crippen LogP contribution in [0.2, 0.25) is 0 Å². The van der Waals surface area contributed by atoms with Gasteiger partial charge >= 0.3 is 5.97 Å². The second kappa shape index (κ2) is 8.00. The summed E-state index contributed by atoms with van der Waals surface area (Å²) in [6.07, 6.45) is 3.25. The number of carboxylic acid groups (broad SMARTS) is 1. The number of methoxy groups -OCH3 is 2. The number of anilines is 1. The predicted molar refractivity (Wildman–Crippen MR) is 111 cm³/mol. The lowest BCUT2D eigenvalue weighted by molar-refractivity contribution is 0.0695. The molecule has 0 unspecified atom stereocenters. The van der Waals surface area contributed by atoms with E-state index < -0.39 is 17.2 Å². The molecule has 0 bridgehead atoms. The van der Waals surface area contributed by atoms with Gasteiger partial charge in [-0.25, -0.2) is 9.18 Å². The first-order chi connectivity index (χ1) is 14.4. The summed E-state index contributed by atoms with van der Waals surface area (Å²) in [5.74, 6) is -1.37. The van der Waals surface area contributed by atoms with Crippen LogP contribution in [0.1, 0.15) is 34.8 Å². The third-order valence-corrected chi connectivity index (χ3v) is 6.30. The lowest BCUT2D eigenvalue weighted by Gasteiger charge is -2.24. The number of hydrogen-bond donors (Lipinski definition) is 1. The van der Waals surface area contributed by atoms with Crippen LogP contribution in [0.5, 0.6) is 0 Å². The molecule has 2 aliphatic rings. The van der Waals surface area contributed by atoms with Gasteiger partial charge in [-0.05, 0) is 31.4 Å². The minimum atomic E-state index is -1.29. The zero-order chi connectivity index (χ0) is 21.6. The molecule has 8 heteroatoms. The Hall–Kier alpha value is -2.45. The number of nitrogens with zero attached hydrogens (tertiary/aromatic N) is 2. The summed E-state index contributed by atoms with van der Waals surface area (Å²) in [6.45, 7) is 4.20. The smallest absolute Gasteiger partial charge is 0.341 e. The van der Waals surface area contributed by atoms with Gasteiger partial charge < -0.3 is 24.0 Å². The largest absolute Gasteiger partial charge is 0.477 e. The van der Waals surface area contributed by atoms with Gasteiger partial charge in [-0.3, -0.25) is 4.79 Å². The third kappa shape index (κ3) is 3.48. The van der Waals surface area contributed by atoms with E-state index in [0.29, 0.717) is 43.1 Å². The molecule has 162 valence electrons. The number of halogens is 1. The van der Waals surface area contributed by atoms with E-state index in [9.17, 15) is 14.7 Å². The highest BCUT2D eigenvalue weighted by molar-refractivity contribution is 5.95. The molecule has 1 aliphatic carbocycles. The first-order valence-corrected chi connectivity index (χ1v) is 10.2. The number of aromatic nitrogens is 1. The van der Waals surface area contributed by atoms with Crippen molar-refractivity contribution < 1.29 is 23.8 Å². The second-order valence-electron chi connectivity index (χ2n) is 8.38. The number of rotatable bonds is 7. The predicted octanol–water partition coefficient (Wildman–Crippen LogP) is 2.83. The first kappa shape index (κ1) is 20.8. The first-order valence-electron chi connectivity index (χ1n) is 10.2. The summed E-state index contributed by atoms with van der Waals surface area (Å²) in [4.78, 5) is 26.3. The minimum absolute atomic E-state index is 0.127. The van der Waals surface area contributed by atoms with Crippen molar-refractivity contribution in [3.05, 3.63) is 39.4 Å². The number of aromatic carboxylic acids is 1. The fourth-order valence-corrected chi connectivity index (χ4v) is 4.78. The highest BCUT2D eigenvalue weighted by Gasteiger charge is 2.36. The number of ether oxygens (including phenoxy) is 2. The second-order valence-corrected chi connectivity index (χ2v) is 8.38. The highest BCUT2D eigenvalue weighted by atomic mass is 19.1. The average Bonchev–Trinajstić information content (AvgIpc) is 3.46. The number of benzene rings is 1. The summed E-state index contributed by atoms with van der Waals surface area (Å²) in [5, 5.41) is 9.56. The van der Waals surface area contributed by atoms with Gasteiger partial charge in [0.15, 0.2) is 0 Å². The highest BCUT2D eigenvalue weighted by Crippen LogP contribution is 2.41. The van der Waals surface area contributed by atoms with Gasteiger partial charge in [0.05, 0.1) is 24.4 Å². The molecule has 1 N–H and O–H groups in total. The fraction of sp³-hybridized carbons (Fsp3) is 0.545. The molecule has 7 nitrogen and oxygen atoms in total. The number of pyridine rings is 1. The monoisotopic (exact) mass is 418 g/mol. The third-order valence-electron chi connectivity index (χ3n) is 6.30. The standard InChI is InChI=1S/C22H27FN2O5/c1-12-19-16(21(26)17(22(27)28)9-25(19)15-4-5-15)6-18(23)20(12)24-7-13(10-29-2)14(8-24)11-30-3/h6,9,13-15H,4-5,7-8,10-11H2,1-3H3,(H,27,28)/t13-,14+. The van der Waals surface area contributed by atoms with Crippen LogP contribution in [0, 0.1) is 24.6 Å². The van der Waals surface area contributed by atoms with Crippen LogP contribution in [0.25, 0.3) is 10.9 Å². The molecule has 2 fully saturated rings. The Morgan fingerprint density at radius 3 is 2.30 bits per heavy atom. The summed E-state index contributed by atoms with van der Waals surface area (Å²) in [6, 6.07) is 1.35. The molecular formula is C22H27FN2O5. The number of aryl methyl sites for hydroxylation is 1. The van der Waals surface area contributed by atoms with E-state index in [2.05, 4.69) is 0 Å². The van der Waals surface area contributed by atoms with Crippen LogP contribution < -0.4 is 10.3 Å². The molecular weight excluding hydrogens is 391 g/mol. The summed E-state index contributed by atoms with van der Waals surface area (Å²) < 4.78 is 27.9. The van der Waals surface area contributed by atoms with Crippen molar-refractivity contribution in [2.45, 2.75) is 25.8 Å². The van der Waals surface area contributed by atoms with Crippen LogP contribution in [0.4, 0.5) is 10.1 Å². The molecule has 2 aromatic rings. The van der Waals surface area contributed by atoms with E-state index in [-0.39, 0.29) is 28.8 Å². The molecule has 1 aliphatic heterocycles. The summed E-state index contributed by atoms with van der Waals surface area (Å²) >= 11 is 0. The molecule has 4 rings (SSSR count). The fourth-order valence-electron chi connectivity index (χ4n) is 4.78. The van der Waals surface area contributed by atoms with Gasteiger partial charge in [0, 0.05) is 56.8 Å². The van der Waals surface area contributed by atoms with Crippen LogP contribution in [0.3, 0.4) is 0 Å². The molecule has 2 heterocycles. The van der Waals surface area contributed by atoms with Crippen molar-refractivity contribution in [3.63, 3.8) is 0 Å². The Kier molecular flexibility index (Phi) is 5.55.